The first-order valence-corrected chi connectivity index (χ1v) is 17.2. The normalized spacial score (nSPS) is 20.8. The van der Waals surface area contributed by atoms with Crippen molar-refractivity contribution in [2.75, 3.05) is 0 Å². The average molecular weight is 457 g/mol. The summed E-state index contributed by atoms with van der Waals surface area (Å²) in [5, 5.41) is 0. The summed E-state index contributed by atoms with van der Waals surface area (Å²) in [6.45, 7) is 6.56. The van der Waals surface area contributed by atoms with E-state index in [4.69, 9.17) is 17.0 Å². The molecule has 0 saturated carbocycles. The van der Waals surface area contributed by atoms with Crippen molar-refractivity contribution in [3.63, 3.8) is 0 Å². The Balaban J connectivity index is 0.000000144. The molecular formula is C22H30Cl2Zr-2. The van der Waals surface area contributed by atoms with E-state index < -0.39 is 18.9 Å². The predicted octanol–water partition coefficient (Wildman–Crippen LogP) is 7.42. The minimum atomic E-state index is -1.76. The number of halogens is 2. The minimum absolute atomic E-state index is 0.818. The van der Waals surface area contributed by atoms with Crippen LogP contribution in [-0.4, -0.2) is 3.71 Å². The number of aryl methyl sites for hydroxylation is 2. The van der Waals surface area contributed by atoms with Gasteiger partial charge in [0, 0.05) is 0 Å². The summed E-state index contributed by atoms with van der Waals surface area (Å²) in [6, 6.07) is 13.5. The van der Waals surface area contributed by atoms with Crippen molar-refractivity contribution >= 4 is 20.7 Å². The summed E-state index contributed by atoms with van der Waals surface area (Å²) in [7, 11) is 10.7. The summed E-state index contributed by atoms with van der Waals surface area (Å²) in [5.41, 5.74) is 6.40. The molecule has 2 atom stereocenters. The molecule has 2 aromatic carbocycles. The summed E-state index contributed by atoms with van der Waals surface area (Å²) in [4.78, 5) is 0. The third-order valence-corrected chi connectivity index (χ3v) is 8.99. The van der Waals surface area contributed by atoms with E-state index in [0.29, 0.717) is 0 Å². The maximum absolute atomic E-state index is 5.37. The van der Waals surface area contributed by atoms with Crippen LogP contribution < -0.4 is 0 Å². The van der Waals surface area contributed by atoms with Gasteiger partial charge in [-0.05, 0) is 0 Å². The van der Waals surface area contributed by atoms with Crippen LogP contribution in [0.15, 0.2) is 36.4 Å². The molecule has 0 spiro atoms. The molecule has 25 heavy (non-hydrogen) atoms. The van der Waals surface area contributed by atoms with Crippen molar-refractivity contribution in [2.45, 2.75) is 71.1 Å². The van der Waals surface area contributed by atoms with Crippen molar-refractivity contribution in [1.29, 1.82) is 0 Å². The van der Waals surface area contributed by atoms with E-state index in [2.05, 4.69) is 50.2 Å². The van der Waals surface area contributed by atoms with E-state index in [-0.39, 0.29) is 0 Å². The van der Waals surface area contributed by atoms with E-state index in [1.807, 2.05) is 10.6 Å². The van der Waals surface area contributed by atoms with Crippen LogP contribution in [0.2, 0.25) is 0 Å². The van der Waals surface area contributed by atoms with Crippen molar-refractivity contribution in [3.05, 3.63) is 58.7 Å². The van der Waals surface area contributed by atoms with Crippen molar-refractivity contribution in [1.82, 2.24) is 0 Å². The van der Waals surface area contributed by atoms with Gasteiger partial charge in [-0.1, -0.05) is 64.2 Å². The van der Waals surface area contributed by atoms with Crippen LogP contribution in [0.25, 0.3) is 0 Å². The molecule has 2 unspecified atom stereocenters. The molecule has 0 saturated heterocycles. The second-order valence-electron chi connectivity index (χ2n) is 7.18. The second kappa shape index (κ2) is 11.0. The Bertz CT molecular complexity index is 611. The third kappa shape index (κ3) is 6.60. The van der Waals surface area contributed by atoms with E-state index in [1.165, 1.54) is 38.5 Å². The quantitative estimate of drug-likeness (QED) is 0.362. The number of hydrogen-bond donors (Lipinski definition) is 0. The molecule has 0 fully saturated rings. The summed E-state index contributed by atoms with van der Waals surface area (Å²) in [6.07, 6.45) is 8.17. The second-order valence-corrected chi connectivity index (χ2v) is 16.0. The molecule has 0 radical (unpaired) electrons. The van der Waals surface area contributed by atoms with Crippen molar-refractivity contribution in [2.24, 2.45) is 0 Å². The van der Waals surface area contributed by atoms with Gasteiger partial charge in [-0.2, -0.15) is 46.5 Å². The number of hydrogen-bond acceptors (Lipinski definition) is 0. The third-order valence-electron chi connectivity index (χ3n) is 5.33. The molecule has 0 aliphatic heterocycles. The fourth-order valence-corrected chi connectivity index (χ4v) is 3.87. The van der Waals surface area contributed by atoms with Crippen LogP contribution in [0, 0.1) is 0 Å². The van der Waals surface area contributed by atoms with Gasteiger partial charge in [0.05, 0.1) is 0 Å². The van der Waals surface area contributed by atoms with Crippen LogP contribution >= 0.6 is 17.0 Å². The molecule has 0 heterocycles. The van der Waals surface area contributed by atoms with E-state index >= 15 is 0 Å². The first-order valence-electron chi connectivity index (χ1n) is 9.49. The first kappa shape index (κ1) is 21.3. The molecule has 138 valence electrons. The van der Waals surface area contributed by atoms with Gasteiger partial charge in [-0.3, -0.25) is 0 Å². The Morgan fingerprint density at radius 3 is 1.64 bits per heavy atom. The molecule has 2 aliphatic carbocycles. The fourth-order valence-electron chi connectivity index (χ4n) is 3.87. The van der Waals surface area contributed by atoms with Gasteiger partial charge in [0.15, 0.2) is 0 Å². The summed E-state index contributed by atoms with van der Waals surface area (Å²) >= 11 is -1.76. The zero-order valence-electron chi connectivity index (χ0n) is 15.7. The molecule has 0 aromatic heterocycles. The Morgan fingerprint density at radius 1 is 0.920 bits per heavy atom. The topological polar surface area (TPSA) is 0 Å². The van der Waals surface area contributed by atoms with Gasteiger partial charge < -0.3 is 0 Å². The van der Waals surface area contributed by atoms with Gasteiger partial charge in [-0.25, -0.2) is 12.1 Å². The molecule has 4 rings (SSSR count). The Labute approximate surface area is 168 Å². The zero-order chi connectivity index (χ0) is 18.2. The van der Waals surface area contributed by atoms with E-state index in [9.17, 15) is 0 Å². The van der Waals surface area contributed by atoms with Gasteiger partial charge in [-0.15, -0.1) is 0 Å². The Hall–Kier alpha value is 0.0331. The molecule has 2 aromatic rings. The average Bonchev–Trinajstić information content (AvgIpc) is 3.26. The maximum atomic E-state index is 5.37. The van der Waals surface area contributed by atoms with Crippen LogP contribution in [0.3, 0.4) is 0 Å². The monoisotopic (exact) mass is 454 g/mol. The molecule has 0 N–H and O–H groups in total. The molecule has 0 amide bonds. The van der Waals surface area contributed by atoms with Crippen LogP contribution in [0.5, 0.6) is 0 Å². The van der Waals surface area contributed by atoms with Crippen LogP contribution in [0.4, 0.5) is 0 Å². The fraction of sp³-hybridized carbons (Fsp3) is 0.500. The summed E-state index contributed by atoms with van der Waals surface area (Å²) in [5.74, 6) is 1.64. The van der Waals surface area contributed by atoms with E-state index in [0.717, 1.165) is 11.8 Å². The first-order chi connectivity index (χ1) is 12.0. The summed E-state index contributed by atoms with van der Waals surface area (Å²) < 4.78 is 1.89. The SMILES string of the molecule is CC1CCCc2[cH-]ccc21.CC1CCCc2[cH-]ccc21.C[CH]=[Zr]([Cl])[Cl]. The molecule has 2 aliphatic rings. The Kier molecular flexibility index (Phi) is 9.39. The predicted molar refractivity (Wildman–Crippen MR) is 110 cm³/mol. The molecule has 0 bridgehead atoms. The molecule has 0 nitrogen and oxygen atoms in total. The van der Waals surface area contributed by atoms with Crippen LogP contribution in [0.1, 0.15) is 80.5 Å². The van der Waals surface area contributed by atoms with Crippen LogP contribution in [-0.2, 0) is 31.7 Å². The molecule has 3 heteroatoms. The van der Waals surface area contributed by atoms with Gasteiger partial charge in [0.1, 0.15) is 0 Å². The van der Waals surface area contributed by atoms with Gasteiger partial charge >= 0.3 is 46.5 Å². The van der Waals surface area contributed by atoms with Crippen molar-refractivity contribution in [3.8, 4) is 0 Å². The van der Waals surface area contributed by atoms with Gasteiger partial charge in [0.25, 0.3) is 0 Å². The Morgan fingerprint density at radius 2 is 1.32 bits per heavy atom. The van der Waals surface area contributed by atoms with Gasteiger partial charge in [0.2, 0.25) is 0 Å². The zero-order valence-corrected chi connectivity index (χ0v) is 19.7. The number of rotatable bonds is 0. The number of fused-ring (bicyclic) bond motifs is 2. The standard InChI is InChI=1S/2C10H13.C2H4.2ClH.Zr/c2*1-8-4-2-5-9-6-3-7-10(8)9;1-2;;;/h2*3,6-8H,2,4-5H2,1H3;1H,2H3;2*1H;/q2*-1;;;;+2/p-2. The van der Waals surface area contributed by atoms with Crippen molar-refractivity contribution < 1.29 is 18.9 Å². The molecular weight excluding hydrogens is 426 g/mol. The van der Waals surface area contributed by atoms with E-state index in [1.54, 1.807) is 22.3 Å².